The van der Waals surface area contributed by atoms with E-state index in [1.165, 1.54) is 44.5 Å². The van der Waals surface area contributed by atoms with E-state index in [4.69, 9.17) is 0 Å². The first-order valence-corrected chi connectivity index (χ1v) is 10.9. The molecule has 2 aliphatic rings. The van der Waals surface area contributed by atoms with Gasteiger partial charge in [-0.25, -0.2) is 4.98 Å². The van der Waals surface area contributed by atoms with Gasteiger partial charge in [0, 0.05) is 43.3 Å². The highest BCUT2D eigenvalue weighted by Crippen LogP contribution is 2.28. The number of piperidine rings is 1. The molecule has 4 nitrogen and oxygen atoms in total. The number of hydrogen-bond donors (Lipinski definition) is 0. The molecule has 3 aromatic rings. The molecular formula is C25H30N4. The molecule has 150 valence electrons. The lowest BCUT2D eigenvalue weighted by Crippen LogP contribution is -2.50. The summed E-state index contributed by atoms with van der Waals surface area (Å²) in [4.78, 5) is 9.82. The maximum absolute atomic E-state index is 4.52. The van der Waals surface area contributed by atoms with Crippen molar-refractivity contribution in [2.24, 2.45) is 0 Å². The highest BCUT2D eigenvalue weighted by molar-refractivity contribution is 5.33. The van der Waals surface area contributed by atoms with Crippen molar-refractivity contribution in [2.45, 2.75) is 44.3 Å². The highest BCUT2D eigenvalue weighted by atomic mass is 15.2. The number of hydrogen-bond acceptors (Lipinski definition) is 3. The van der Waals surface area contributed by atoms with Gasteiger partial charge in [-0.2, -0.15) is 0 Å². The first kappa shape index (κ1) is 18.6. The number of benzene rings is 1. The second kappa shape index (κ2) is 8.13. The predicted octanol–water partition coefficient (Wildman–Crippen LogP) is 3.94. The number of likely N-dealkylation sites (N-methyl/N-ethyl adjacent to an activating group) is 1. The van der Waals surface area contributed by atoms with Gasteiger partial charge in [0.05, 0.1) is 0 Å². The van der Waals surface area contributed by atoms with Gasteiger partial charge < -0.3 is 4.57 Å². The van der Waals surface area contributed by atoms with E-state index in [9.17, 15) is 0 Å². The van der Waals surface area contributed by atoms with Crippen LogP contribution in [0.3, 0.4) is 0 Å². The van der Waals surface area contributed by atoms with Gasteiger partial charge in [-0.05, 0) is 74.7 Å². The molecule has 0 spiro atoms. The Bertz CT molecular complexity index is 923. The van der Waals surface area contributed by atoms with Crippen molar-refractivity contribution in [3.05, 3.63) is 83.8 Å². The van der Waals surface area contributed by atoms with Gasteiger partial charge in [-0.3, -0.25) is 9.80 Å². The molecule has 29 heavy (non-hydrogen) atoms. The van der Waals surface area contributed by atoms with E-state index >= 15 is 0 Å². The molecular weight excluding hydrogens is 356 g/mol. The van der Waals surface area contributed by atoms with E-state index in [0.29, 0.717) is 12.1 Å². The van der Waals surface area contributed by atoms with Crippen LogP contribution in [0.4, 0.5) is 0 Å². The summed E-state index contributed by atoms with van der Waals surface area (Å²) in [7, 11) is 2.29. The van der Waals surface area contributed by atoms with Gasteiger partial charge in [0.2, 0.25) is 0 Å². The van der Waals surface area contributed by atoms with E-state index in [-0.39, 0.29) is 0 Å². The zero-order valence-electron chi connectivity index (χ0n) is 17.2. The van der Waals surface area contributed by atoms with Crippen molar-refractivity contribution in [3.8, 4) is 5.82 Å². The summed E-state index contributed by atoms with van der Waals surface area (Å²) in [5, 5.41) is 0. The predicted molar refractivity (Wildman–Crippen MR) is 117 cm³/mol. The maximum atomic E-state index is 4.52. The molecule has 1 fully saturated rings. The molecule has 1 atom stereocenters. The smallest absolute Gasteiger partial charge is 0.136 e. The SMILES string of the molecule is CN(Cc1cccn1-c1ccccn1)[C@@H]1CCCN(C2Cc3ccccc3C2)C1. The van der Waals surface area contributed by atoms with Crippen LogP contribution in [0.25, 0.3) is 5.82 Å². The van der Waals surface area contributed by atoms with E-state index in [1.807, 2.05) is 12.3 Å². The second-order valence-corrected chi connectivity index (χ2v) is 8.59. The fourth-order valence-corrected chi connectivity index (χ4v) is 5.12. The van der Waals surface area contributed by atoms with Crippen molar-refractivity contribution in [1.82, 2.24) is 19.4 Å². The Kier molecular flexibility index (Phi) is 5.21. The van der Waals surface area contributed by atoms with E-state index in [2.05, 4.69) is 81.1 Å². The van der Waals surface area contributed by atoms with E-state index in [1.54, 1.807) is 11.1 Å². The van der Waals surface area contributed by atoms with Crippen molar-refractivity contribution in [3.63, 3.8) is 0 Å². The molecule has 0 amide bonds. The highest BCUT2D eigenvalue weighted by Gasteiger charge is 2.31. The molecule has 0 bridgehead atoms. The number of fused-ring (bicyclic) bond motifs is 1. The van der Waals surface area contributed by atoms with Crippen LogP contribution in [0.2, 0.25) is 0 Å². The van der Waals surface area contributed by atoms with Gasteiger partial charge in [0.25, 0.3) is 0 Å². The van der Waals surface area contributed by atoms with Gasteiger partial charge >= 0.3 is 0 Å². The first-order chi connectivity index (χ1) is 14.3. The van der Waals surface area contributed by atoms with Crippen molar-refractivity contribution >= 4 is 0 Å². The first-order valence-electron chi connectivity index (χ1n) is 10.9. The molecule has 4 heteroatoms. The number of nitrogens with zero attached hydrogens (tertiary/aromatic N) is 4. The van der Waals surface area contributed by atoms with Gasteiger partial charge in [0.1, 0.15) is 5.82 Å². The second-order valence-electron chi connectivity index (χ2n) is 8.59. The lowest BCUT2D eigenvalue weighted by Gasteiger charge is -2.40. The molecule has 1 aliphatic carbocycles. The van der Waals surface area contributed by atoms with Crippen LogP contribution in [0.15, 0.2) is 67.0 Å². The largest absolute Gasteiger partial charge is 0.304 e. The van der Waals surface area contributed by atoms with Crippen molar-refractivity contribution in [1.29, 1.82) is 0 Å². The Balaban J connectivity index is 1.25. The Labute approximate surface area is 173 Å². The normalized spacial score (nSPS) is 20.3. The fraction of sp³-hybridized carbons (Fsp3) is 0.400. The number of rotatable bonds is 5. The van der Waals surface area contributed by atoms with Gasteiger partial charge in [-0.15, -0.1) is 0 Å². The zero-order valence-corrected chi connectivity index (χ0v) is 17.2. The summed E-state index contributed by atoms with van der Waals surface area (Å²) in [6.45, 7) is 3.37. The minimum Gasteiger partial charge on any atom is -0.304 e. The van der Waals surface area contributed by atoms with Crippen LogP contribution < -0.4 is 0 Å². The van der Waals surface area contributed by atoms with Crippen LogP contribution in [-0.2, 0) is 19.4 Å². The third-order valence-corrected chi connectivity index (χ3v) is 6.74. The Morgan fingerprint density at radius 1 is 1.00 bits per heavy atom. The van der Waals surface area contributed by atoms with Crippen LogP contribution in [0.1, 0.15) is 29.7 Å². The third-order valence-electron chi connectivity index (χ3n) is 6.74. The summed E-state index contributed by atoms with van der Waals surface area (Å²) < 4.78 is 2.21. The van der Waals surface area contributed by atoms with Gasteiger partial charge in [-0.1, -0.05) is 30.3 Å². The zero-order chi connectivity index (χ0) is 19.6. The summed E-state index contributed by atoms with van der Waals surface area (Å²) in [5.74, 6) is 0.995. The van der Waals surface area contributed by atoms with Crippen molar-refractivity contribution < 1.29 is 0 Å². The maximum Gasteiger partial charge on any atom is 0.136 e. The molecule has 1 saturated heterocycles. The van der Waals surface area contributed by atoms with Gasteiger partial charge in [0.15, 0.2) is 0 Å². The summed E-state index contributed by atoms with van der Waals surface area (Å²) in [6, 6.07) is 20.7. The molecule has 0 unspecified atom stereocenters. The summed E-state index contributed by atoms with van der Waals surface area (Å²) >= 11 is 0. The molecule has 0 N–H and O–H groups in total. The van der Waals surface area contributed by atoms with Crippen molar-refractivity contribution in [2.75, 3.05) is 20.1 Å². The Morgan fingerprint density at radius 3 is 2.55 bits per heavy atom. The molecule has 2 aromatic heterocycles. The number of pyridine rings is 1. The molecule has 5 rings (SSSR count). The standard InChI is InChI=1S/C25H30N4/c1-27(18-23-11-7-15-29(23)25-12-4-5-13-26-25)22-10-6-14-28(19-22)24-16-20-8-2-3-9-21(20)17-24/h2-5,7-9,11-13,15,22,24H,6,10,14,16-19H2,1H3/t22-/m1/s1. The Hall–Kier alpha value is -2.43. The molecule has 3 heterocycles. The van der Waals surface area contributed by atoms with E-state index in [0.717, 1.165) is 12.4 Å². The average molecular weight is 387 g/mol. The monoisotopic (exact) mass is 386 g/mol. The van der Waals surface area contributed by atoms with Crippen LogP contribution in [-0.4, -0.2) is 51.6 Å². The fourth-order valence-electron chi connectivity index (χ4n) is 5.12. The molecule has 1 aliphatic heterocycles. The number of likely N-dealkylation sites (tertiary alicyclic amines) is 1. The minimum absolute atomic E-state index is 0.611. The van der Waals surface area contributed by atoms with Crippen LogP contribution in [0, 0.1) is 0 Å². The lowest BCUT2D eigenvalue weighted by atomic mass is 10.0. The molecule has 1 aromatic carbocycles. The lowest BCUT2D eigenvalue weighted by molar-refractivity contribution is 0.0827. The quantitative estimate of drug-likeness (QED) is 0.664. The topological polar surface area (TPSA) is 24.3 Å². The summed E-state index contributed by atoms with van der Waals surface area (Å²) in [5.41, 5.74) is 4.42. The van der Waals surface area contributed by atoms with E-state index < -0.39 is 0 Å². The molecule has 0 saturated carbocycles. The Morgan fingerprint density at radius 2 is 1.79 bits per heavy atom. The summed E-state index contributed by atoms with van der Waals surface area (Å²) in [6.07, 6.45) is 9.00. The number of aromatic nitrogens is 2. The third kappa shape index (κ3) is 3.87. The average Bonchev–Trinajstić information content (AvgIpc) is 3.41. The van der Waals surface area contributed by atoms with Crippen LogP contribution >= 0.6 is 0 Å². The van der Waals surface area contributed by atoms with Crippen LogP contribution in [0.5, 0.6) is 0 Å². The molecule has 0 radical (unpaired) electrons. The minimum atomic E-state index is 0.611.